The first-order valence-electron chi connectivity index (χ1n) is 6.60. The van der Waals surface area contributed by atoms with Crippen molar-refractivity contribution in [2.75, 3.05) is 7.11 Å². The summed E-state index contributed by atoms with van der Waals surface area (Å²) in [5, 5.41) is 0. The maximum atomic E-state index is 12.2. The molecular weight excluding hydrogens is 224 g/mol. The lowest BCUT2D eigenvalue weighted by atomic mass is 9.91. The highest BCUT2D eigenvalue weighted by Crippen LogP contribution is 2.20. The highest BCUT2D eigenvalue weighted by atomic mass is 16.5. The van der Waals surface area contributed by atoms with Gasteiger partial charge in [0.05, 0.1) is 0 Å². The standard InChI is InChI=1S/C16H24O2/c1-6-16(4,18-5)15(17)11-13-7-9-14(10-8-13)12(2)3/h7-10,12H,6,11H2,1-5H3. The van der Waals surface area contributed by atoms with Crippen LogP contribution in [0.25, 0.3) is 0 Å². The molecular formula is C16H24O2. The highest BCUT2D eigenvalue weighted by Gasteiger charge is 2.30. The molecule has 1 rings (SSSR count). The van der Waals surface area contributed by atoms with E-state index in [1.165, 1.54) is 5.56 Å². The van der Waals surface area contributed by atoms with Crippen molar-refractivity contribution in [2.24, 2.45) is 0 Å². The Kier molecular flexibility index (Phi) is 5.09. The van der Waals surface area contributed by atoms with Gasteiger partial charge in [-0.1, -0.05) is 45.0 Å². The summed E-state index contributed by atoms with van der Waals surface area (Å²) < 4.78 is 5.33. The van der Waals surface area contributed by atoms with E-state index in [4.69, 9.17) is 4.74 Å². The molecule has 0 N–H and O–H groups in total. The fourth-order valence-electron chi connectivity index (χ4n) is 1.85. The van der Waals surface area contributed by atoms with Crippen LogP contribution in [0.2, 0.25) is 0 Å². The molecule has 0 radical (unpaired) electrons. The van der Waals surface area contributed by atoms with Crippen LogP contribution in [-0.4, -0.2) is 18.5 Å². The van der Waals surface area contributed by atoms with E-state index in [2.05, 4.69) is 26.0 Å². The van der Waals surface area contributed by atoms with E-state index in [0.717, 1.165) is 5.56 Å². The minimum absolute atomic E-state index is 0.143. The molecule has 0 fully saturated rings. The number of ether oxygens (including phenoxy) is 1. The Hall–Kier alpha value is -1.15. The number of hydrogen-bond acceptors (Lipinski definition) is 2. The fraction of sp³-hybridized carbons (Fsp3) is 0.562. The average Bonchev–Trinajstić information content (AvgIpc) is 2.38. The second kappa shape index (κ2) is 6.14. The van der Waals surface area contributed by atoms with Crippen LogP contribution in [0, 0.1) is 0 Å². The van der Waals surface area contributed by atoms with Gasteiger partial charge >= 0.3 is 0 Å². The molecule has 100 valence electrons. The molecule has 0 aromatic heterocycles. The first kappa shape index (κ1) is 14.9. The summed E-state index contributed by atoms with van der Waals surface area (Å²) in [6, 6.07) is 8.28. The molecule has 1 unspecified atom stereocenters. The summed E-state index contributed by atoms with van der Waals surface area (Å²) in [6.45, 7) is 8.17. The van der Waals surface area contributed by atoms with Crippen LogP contribution in [0.15, 0.2) is 24.3 Å². The van der Waals surface area contributed by atoms with Crippen molar-refractivity contribution in [2.45, 2.75) is 52.1 Å². The van der Waals surface area contributed by atoms with E-state index in [1.807, 2.05) is 26.0 Å². The summed E-state index contributed by atoms with van der Waals surface area (Å²) in [6.07, 6.45) is 1.14. The van der Waals surface area contributed by atoms with Gasteiger partial charge in [-0.25, -0.2) is 0 Å². The van der Waals surface area contributed by atoms with Gasteiger partial charge < -0.3 is 4.74 Å². The first-order chi connectivity index (χ1) is 8.42. The summed E-state index contributed by atoms with van der Waals surface area (Å²) in [7, 11) is 1.60. The Labute approximate surface area is 110 Å². The van der Waals surface area contributed by atoms with E-state index in [-0.39, 0.29) is 5.78 Å². The molecule has 0 aliphatic heterocycles. The monoisotopic (exact) mass is 248 g/mol. The Morgan fingerprint density at radius 3 is 2.22 bits per heavy atom. The van der Waals surface area contributed by atoms with Gasteiger partial charge in [-0.05, 0) is 30.4 Å². The zero-order valence-corrected chi connectivity index (χ0v) is 12.1. The quantitative estimate of drug-likeness (QED) is 0.766. The van der Waals surface area contributed by atoms with Gasteiger partial charge in [-0.15, -0.1) is 0 Å². The average molecular weight is 248 g/mol. The molecule has 0 aliphatic carbocycles. The highest BCUT2D eigenvalue weighted by molar-refractivity contribution is 5.88. The lowest BCUT2D eigenvalue weighted by Crippen LogP contribution is -2.37. The molecule has 0 heterocycles. The molecule has 2 heteroatoms. The number of Topliss-reactive ketones (excluding diaryl/α,β-unsaturated/α-hetero) is 1. The van der Waals surface area contributed by atoms with Gasteiger partial charge in [0.2, 0.25) is 0 Å². The maximum absolute atomic E-state index is 12.2. The minimum atomic E-state index is -0.656. The molecule has 1 atom stereocenters. The van der Waals surface area contributed by atoms with Gasteiger partial charge in [-0.2, -0.15) is 0 Å². The molecule has 0 saturated heterocycles. The Morgan fingerprint density at radius 1 is 1.28 bits per heavy atom. The van der Waals surface area contributed by atoms with Crippen LogP contribution in [0.3, 0.4) is 0 Å². The molecule has 0 saturated carbocycles. The van der Waals surface area contributed by atoms with E-state index in [1.54, 1.807) is 7.11 Å². The van der Waals surface area contributed by atoms with Gasteiger partial charge in [0.15, 0.2) is 5.78 Å². The van der Waals surface area contributed by atoms with E-state index >= 15 is 0 Å². The number of benzene rings is 1. The Morgan fingerprint density at radius 2 is 1.83 bits per heavy atom. The number of carbonyl (C=O) groups excluding carboxylic acids is 1. The minimum Gasteiger partial charge on any atom is -0.371 e. The molecule has 1 aromatic rings. The van der Waals surface area contributed by atoms with E-state index in [0.29, 0.717) is 18.8 Å². The molecule has 0 bridgehead atoms. The number of ketones is 1. The predicted octanol–water partition coefficient (Wildman–Crippen LogP) is 3.74. The van der Waals surface area contributed by atoms with Crippen LogP contribution >= 0.6 is 0 Å². The number of carbonyl (C=O) groups is 1. The Bertz CT molecular complexity index is 386. The third-order valence-corrected chi connectivity index (χ3v) is 3.73. The van der Waals surface area contributed by atoms with Crippen molar-refractivity contribution < 1.29 is 9.53 Å². The molecule has 2 nitrogen and oxygen atoms in total. The van der Waals surface area contributed by atoms with Crippen LogP contribution in [0.1, 0.15) is 51.2 Å². The molecule has 0 amide bonds. The van der Waals surface area contributed by atoms with Crippen molar-refractivity contribution in [3.05, 3.63) is 35.4 Å². The van der Waals surface area contributed by atoms with Crippen molar-refractivity contribution >= 4 is 5.78 Å². The zero-order valence-electron chi connectivity index (χ0n) is 12.1. The van der Waals surface area contributed by atoms with Gasteiger partial charge in [-0.3, -0.25) is 4.79 Å². The zero-order chi connectivity index (χ0) is 13.8. The third kappa shape index (κ3) is 3.42. The van der Waals surface area contributed by atoms with Crippen molar-refractivity contribution in [1.29, 1.82) is 0 Å². The van der Waals surface area contributed by atoms with Gasteiger partial charge in [0.25, 0.3) is 0 Å². The topological polar surface area (TPSA) is 26.3 Å². The van der Waals surface area contributed by atoms with E-state index in [9.17, 15) is 4.79 Å². The predicted molar refractivity (Wildman–Crippen MR) is 74.9 cm³/mol. The van der Waals surface area contributed by atoms with Gasteiger partial charge in [0.1, 0.15) is 5.60 Å². The van der Waals surface area contributed by atoms with Gasteiger partial charge in [0, 0.05) is 13.5 Å². The molecule has 0 aliphatic rings. The molecule has 0 spiro atoms. The normalized spacial score (nSPS) is 14.6. The second-order valence-corrected chi connectivity index (χ2v) is 5.28. The van der Waals surface area contributed by atoms with Crippen LogP contribution in [-0.2, 0) is 16.0 Å². The Balaban J connectivity index is 2.76. The third-order valence-electron chi connectivity index (χ3n) is 3.73. The number of hydrogen-bond donors (Lipinski definition) is 0. The summed E-state index contributed by atoms with van der Waals surface area (Å²) >= 11 is 0. The van der Waals surface area contributed by atoms with Crippen molar-refractivity contribution in [3.8, 4) is 0 Å². The number of methoxy groups -OCH3 is 1. The van der Waals surface area contributed by atoms with Crippen LogP contribution in [0.5, 0.6) is 0 Å². The molecule has 1 aromatic carbocycles. The van der Waals surface area contributed by atoms with Crippen LogP contribution in [0.4, 0.5) is 0 Å². The molecule has 18 heavy (non-hydrogen) atoms. The maximum Gasteiger partial charge on any atom is 0.168 e. The number of rotatable bonds is 6. The van der Waals surface area contributed by atoms with Crippen molar-refractivity contribution in [3.63, 3.8) is 0 Å². The summed E-state index contributed by atoms with van der Waals surface area (Å²) in [4.78, 5) is 12.2. The van der Waals surface area contributed by atoms with Crippen molar-refractivity contribution in [1.82, 2.24) is 0 Å². The van der Waals surface area contributed by atoms with Crippen LogP contribution < -0.4 is 0 Å². The first-order valence-corrected chi connectivity index (χ1v) is 6.60. The van der Waals surface area contributed by atoms with E-state index < -0.39 is 5.60 Å². The lowest BCUT2D eigenvalue weighted by Gasteiger charge is -2.25. The fourth-order valence-corrected chi connectivity index (χ4v) is 1.85. The second-order valence-electron chi connectivity index (χ2n) is 5.28. The summed E-state index contributed by atoms with van der Waals surface area (Å²) in [5.74, 6) is 0.666. The lowest BCUT2D eigenvalue weighted by molar-refractivity contribution is -0.138. The summed E-state index contributed by atoms with van der Waals surface area (Å²) in [5.41, 5.74) is 1.70. The largest absolute Gasteiger partial charge is 0.371 e. The smallest absolute Gasteiger partial charge is 0.168 e. The SMILES string of the molecule is CCC(C)(OC)C(=O)Cc1ccc(C(C)C)cc1.